The van der Waals surface area contributed by atoms with Crippen LogP contribution in [0.25, 0.3) is 10.2 Å². The third-order valence-electron chi connectivity index (χ3n) is 3.72. The average Bonchev–Trinajstić information content (AvgIpc) is 3.30. The zero-order valence-corrected chi connectivity index (χ0v) is 15.1. The van der Waals surface area contributed by atoms with E-state index in [1.807, 2.05) is 24.3 Å². The lowest BCUT2D eigenvalue weighted by molar-refractivity contribution is -0.119. The predicted octanol–water partition coefficient (Wildman–Crippen LogP) is 3.17. The zero-order valence-electron chi connectivity index (χ0n) is 13.5. The summed E-state index contributed by atoms with van der Waals surface area (Å²) >= 11 is 7.66. The summed E-state index contributed by atoms with van der Waals surface area (Å²) in [5, 5.41) is 5.15. The molecule has 0 saturated carbocycles. The van der Waals surface area contributed by atoms with Gasteiger partial charge in [0.2, 0.25) is 0 Å². The van der Waals surface area contributed by atoms with Crippen LogP contribution in [-0.2, 0) is 17.9 Å². The number of pyridine rings is 1. The molecule has 9 heteroatoms. The van der Waals surface area contributed by atoms with Gasteiger partial charge in [0.1, 0.15) is 24.7 Å². The maximum absolute atomic E-state index is 12.9. The number of nitrogens with zero attached hydrogens (tertiary/aromatic N) is 6. The van der Waals surface area contributed by atoms with Crippen LogP contribution in [0, 0.1) is 0 Å². The normalized spacial score (nSPS) is 11.0. The van der Waals surface area contributed by atoms with Crippen molar-refractivity contribution in [3.05, 3.63) is 66.0 Å². The lowest BCUT2D eigenvalue weighted by Crippen LogP contribution is -2.33. The maximum Gasteiger partial charge on any atom is 0.250 e. The molecule has 1 aromatic carbocycles. The summed E-state index contributed by atoms with van der Waals surface area (Å²) in [4.78, 5) is 27.1. The topological polar surface area (TPSA) is 76.8 Å². The standard InChI is InChI=1S/C17H13ClN6OS/c18-13-4-1-5-14-16(13)22-17(26-14)24(8-12-3-2-6-19-7-12)15(25)9-23-11-20-10-21-23/h1-7,10-11H,8-9H2. The van der Waals surface area contributed by atoms with E-state index >= 15 is 0 Å². The van der Waals surface area contributed by atoms with Gasteiger partial charge in [-0.1, -0.05) is 35.1 Å². The number of para-hydroxylation sites is 1. The molecule has 4 rings (SSSR count). The predicted molar refractivity (Wildman–Crippen MR) is 100 cm³/mol. The Morgan fingerprint density at radius 3 is 2.88 bits per heavy atom. The van der Waals surface area contributed by atoms with Crippen molar-refractivity contribution in [2.75, 3.05) is 4.90 Å². The van der Waals surface area contributed by atoms with Crippen molar-refractivity contribution in [3.63, 3.8) is 0 Å². The molecule has 0 aliphatic rings. The van der Waals surface area contributed by atoms with Crippen LogP contribution in [0.1, 0.15) is 5.56 Å². The first-order valence-electron chi connectivity index (χ1n) is 7.77. The summed E-state index contributed by atoms with van der Waals surface area (Å²) in [5.74, 6) is -0.144. The van der Waals surface area contributed by atoms with E-state index in [-0.39, 0.29) is 12.5 Å². The van der Waals surface area contributed by atoms with Crippen molar-refractivity contribution in [1.29, 1.82) is 0 Å². The van der Waals surface area contributed by atoms with Gasteiger partial charge in [-0.25, -0.2) is 14.6 Å². The molecule has 3 aromatic heterocycles. The number of aromatic nitrogens is 5. The highest BCUT2D eigenvalue weighted by atomic mass is 35.5. The highest BCUT2D eigenvalue weighted by Gasteiger charge is 2.21. The Morgan fingerprint density at radius 2 is 2.15 bits per heavy atom. The highest BCUT2D eigenvalue weighted by molar-refractivity contribution is 7.22. The molecule has 1 amide bonds. The Kier molecular flexibility index (Phi) is 4.59. The SMILES string of the molecule is O=C(Cn1cncn1)N(Cc1cccnc1)c1nc2c(Cl)cccc2s1. The fourth-order valence-corrected chi connectivity index (χ4v) is 3.78. The molecule has 0 N–H and O–H groups in total. The second-order valence-corrected chi connectivity index (χ2v) is 6.93. The number of thiazole rings is 1. The van der Waals surface area contributed by atoms with Gasteiger partial charge in [0.05, 0.1) is 16.3 Å². The van der Waals surface area contributed by atoms with Crippen LogP contribution in [0.3, 0.4) is 0 Å². The van der Waals surface area contributed by atoms with Crippen molar-refractivity contribution in [1.82, 2.24) is 24.7 Å². The second-order valence-electron chi connectivity index (χ2n) is 5.52. The van der Waals surface area contributed by atoms with Crippen LogP contribution in [0.2, 0.25) is 5.02 Å². The number of fused-ring (bicyclic) bond motifs is 1. The number of hydrogen-bond donors (Lipinski definition) is 0. The van der Waals surface area contributed by atoms with E-state index in [0.29, 0.717) is 22.2 Å². The molecule has 7 nitrogen and oxygen atoms in total. The molecule has 0 aliphatic carbocycles. The quantitative estimate of drug-likeness (QED) is 0.528. The van der Waals surface area contributed by atoms with Crippen molar-refractivity contribution < 1.29 is 4.79 Å². The van der Waals surface area contributed by atoms with E-state index in [0.717, 1.165) is 10.3 Å². The molecule has 130 valence electrons. The van der Waals surface area contributed by atoms with E-state index in [1.54, 1.807) is 23.4 Å². The number of hydrogen-bond acceptors (Lipinski definition) is 6. The molecular weight excluding hydrogens is 372 g/mol. The summed E-state index contributed by atoms with van der Waals surface area (Å²) in [7, 11) is 0. The highest BCUT2D eigenvalue weighted by Crippen LogP contribution is 2.33. The first-order chi connectivity index (χ1) is 12.7. The van der Waals surface area contributed by atoms with Crippen LogP contribution in [-0.4, -0.2) is 30.6 Å². The van der Waals surface area contributed by atoms with Gasteiger partial charge < -0.3 is 0 Å². The van der Waals surface area contributed by atoms with Crippen molar-refractivity contribution >= 4 is 44.2 Å². The Bertz CT molecular complexity index is 1030. The number of rotatable bonds is 5. The van der Waals surface area contributed by atoms with Gasteiger partial charge in [0, 0.05) is 12.4 Å². The molecule has 0 aliphatic heterocycles. The molecule has 26 heavy (non-hydrogen) atoms. The minimum absolute atomic E-state index is 0.0733. The van der Waals surface area contributed by atoms with Gasteiger partial charge >= 0.3 is 0 Å². The molecular formula is C17H13ClN6OS. The van der Waals surface area contributed by atoms with Crippen LogP contribution in [0.15, 0.2) is 55.4 Å². The largest absolute Gasteiger partial charge is 0.282 e. The number of carbonyl (C=O) groups is 1. The monoisotopic (exact) mass is 384 g/mol. The van der Waals surface area contributed by atoms with E-state index in [2.05, 4.69) is 20.1 Å². The van der Waals surface area contributed by atoms with Crippen LogP contribution in [0.4, 0.5) is 5.13 Å². The first-order valence-corrected chi connectivity index (χ1v) is 8.97. The summed E-state index contributed by atoms with van der Waals surface area (Å²) < 4.78 is 2.41. The van der Waals surface area contributed by atoms with Crippen molar-refractivity contribution in [2.24, 2.45) is 0 Å². The Balaban J connectivity index is 1.70. The van der Waals surface area contributed by atoms with Gasteiger partial charge in [-0.15, -0.1) is 0 Å². The number of halogens is 1. The van der Waals surface area contributed by atoms with Crippen molar-refractivity contribution in [3.8, 4) is 0 Å². The Morgan fingerprint density at radius 1 is 1.23 bits per heavy atom. The van der Waals surface area contributed by atoms with Crippen LogP contribution < -0.4 is 4.90 Å². The van der Waals surface area contributed by atoms with E-state index in [4.69, 9.17) is 11.6 Å². The van der Waals surface area contributed by atoms with Gasteiger partial charge in [-0.3, -0.25) is 14.7 Å². The number of anilines is 1. The molecule has 0 fully saturated rings. The van der Waals surface area contributed by atoms with E-state index in [1.165, 1.54) is 28.7 Å². The van der Waals surface area contributed by atoms with Gasteiger partial charge in [-0.05, 0) is 23.8 Å². The lowest BCUT2D eigenvalue weighted by Gasteiger charge is -2.19. The van der Waals surface area contributed by atoms with Crippen LogP contribution in [0.5, 0.6) is 0 Å². The lowest BCUT2D eigenvalue weighted by atomic mass is 10.2. The number of benzene rings is 1. The molecule has 0 saturated heterocycles. The molecule has 4 aromatic rings. The van der Waals surface area contributed by atoms with Gasteiger partial charge in [0.15, 0.2) is 5.13 Å². The molecule has 3 heterocycles. The third-order valence-corrected chi connectivity index (χ3v) is 5.07. The smallest absolute Gasteiger partial charge is 0.250 e. The molecule has 0 atom stereocenters. The Hall–Kier alpha value is -2.84. The molecule has 0 radical (unpaired) electrons. The average molecular weight is 385 g/mol. The van der Waals surface area contributed by atoms with E-state index < -0.39 is 0 Å². The molecule has 0 spiro atoms. The zero-order chi connectivity index (χ0) is 17.9. The fraction of sp³-hybridized carbons (Fsp3) is 0.118. The molecule has 0 bridgehead atoms. The number of carbonyl (C=O) groups excluding carboxylic acids is 1. The first kappa shape index (κ1) is 16.6. The van der Waals surface area contributed by atoms with Gasteiger partial charge in [0.25, 0.3) is 5.91 Å². The number of amides is 1. The Labute approximate surface area is 157 Å². The van der Waals surface area contributed by atoms with E-state index in [9.17, 15) is 4.79 Å². The second kappa shape index (κ2) is 7.19. The summed E-state index contributed by atoms with van der Waals surface area (Å²) in [6, 6.07) is 9.35. The van der Waals surface area contributed by atoms with Crippen LogP contribution >= 0.6 is 22.9 Å². The summed E-state index contributed by atoms with van der Waals surface area (Å²) in [6.07, 6.45) is 6.34. The minimum Gasteiger partial charge on any atom is -0.282 e. The summed E-state index contributed by atoms with van der Waals surface area (Å²) in [5.41, 5.74) is 1.60. The molecule has 0 unspecified atom stereocenters. The van der Waals surface area contributed by atoms with Crippen molar-refractivity contribution in [2.45, 2.75) is 13.1 Å². The third kappa shape index (κ3) is 3.42. The fourth-order valence-electron chi connectivity index (χ4n) is 2.49. The maximum atomic E-state index is 12.9. The van der Waals surface area contributed by atoms with Gasteiger partial charge in [-0.2, -0.15) is 5.10 Å². The minimum atomic E-state index is -0.144. The summed E-state index contributed by atoms with van der Waals surface area (Å²) in [6.45, 7) is 0.433.